The third kappa shape index (κ3) is 4.79. The summed E-state index contributed by atoms with van der Waals surface area (Å²) >= 11 is 0. The molecule has 0 fully saturated rings. The first-order chi connectivity index (χ1) is 7.58. The van der Waals surface area contributed by atoms with E-state index in [1.54, 1.807) is 12.1 Å². The summed E-state index contributed by atoms with van der Waals surface area (Å²) in [6.07, 6.45) is 0.987. The van der Waals surface area contributed by atoms with E-state index in [0.29, 0.717) is 5.75 Å². The molecule has 0 aromatic heterocycles. The molecule has 88 valence electrons. The maximum Gasteiger partial charge on any atom is 0.352 e. The Morgan fingerprint density at radius 3 is 2.38 bits per heavy atom. The van der Waals surface area contributed by atoms with Gasteiger partial charge in [0.2, 0.25) is 0 Å². The zero-order chi connectivity index (χ0) is 12.0. The maximum atomic E-state index is 10.5. The van der Waals surface area contributed by atoms with Crippen LogP contribution in [0.15, 0.2) is 24.3 Å². The predicted molar refractivity (Wildman–Crippen MR) is 61.1 cm³/mol. The second kappa shape index (κ2) is 6.12. The van der Waals surface area contributed by atoms with Gasteiger partial charge in [-0.05, 0) is 38.2 Å². The van der Waals surface area contributed by atoms with Gasteiger partial charge in [0.25, 0.3) is 0 Å². The highest BCUT2D eigenvalue weighted by atomic mass is 17.2. The molecule has 0 unspecified atom stereocenters. The quantitative estimate of drug-likeness (QED) is 0.562. The Kier molecular flexibility index (Phi) is 4.79. The van der Waals surface area contributed by atoms with Crippen molar-refractivity contribution in [1.29, 1.82) is 0 Å². The first-order valence-corrected chi connectivity index (χ1v) is 5.16. The Hall–Kier alpha value is -1.55. The van der Waals surface area contributed by atoms with Gasteiger partial charge in [0.1, 0.15) is 0 Å². The average Bonchev–Trinajstić information content (AvgIpc) is 2.25. The highest BCUT2D eigenvalue weighted by molar-refractivity contribution is 5.65. The molecule has 4 nitrogen and oxygen atoms in total. The molecule has 0 aliphatic carbocycles. The molecule has 0 spiro atoms. The molecule has 0 amide bonds. The van der Waals surface area contributed by atoms with Crippen LogP contribution in [0.5, 0.6) is 5.75 Å². The van der Waals surface area contributed by atoms with Crippen LogP contribution in [-0.2, 0) is 16.1 Å². The van der Waals surface area contributed by atoms with Crippen molar-refractivity contribution in [3.8, 4) is 5.75 Å². The fraction of sp³-hybridized carbons (Fsp3) is 0.417. The van der Waals surface area contributed by atoms with Crippen molar-refractivity contribution in [1.82, 2.24) is 4.90 Å². The predicted octanol–water partition coefficient (Wildman–Crippen LogP) is 1.65. The van der Waals surface area contributed by atoms with Gasteiger partial charge in [0.15, 0.2) is 5.75 Å². The molecule has 0 atom stereocenters. The largest absolute Gasteiger partial charge is 0.352 e. The molecule has 0 saturated carbocycles. The Labute approximate surface area is 95.7 Å². The fourth-order valence-corrected chi connectivity index (χ4v) is 1.17. The normalized spacial score (nSPS) is 10.2. The molecule has 0 radical (unpaired) electrons. The summed E-state index contributed by atoms with van der Waals surface area (Å²) in [5.74, 6) is 0.0699. The smallest absolute Gasteiger partial charge is 0.309 e. The van der Waals surface area contributed by atoms with Crippen LogP contribution in [0.25, 0.3) is 0 Å². The number of rotatable bonds is 5. The minimum atomic E-state index is -0.461. The van der Waals surface area contributed by atoms with E-state index in [9.17, 15) is 4.79 Å². The van der Waals surface area contributed by atoms with Crippen LogP contribution >= 0.6 is 0 Å². The fourth-order valence-electron chi connectivity index (χ4n) is 1.17. The second-order valence-corrected chi connectivity index (χ2v) is 3.86. The highest BCUT2D eigenvalue weighted by Crippen LogP contribution is 2.12. The van der Waals surface area contributed by atoms with Crippen LogP contribution in [0.4, 0.5) is 0 Å². The molecule has 1 aromatic carbocycles. The van der Waals surface area contributed by atoms with E-state index in [1.165, 1.54) is 12.5 Å². The number of carbonyl (C=O) groups excluding carboxylic acids is 1. The standard InChI is InChI=1S/C12H17NO3/c1-10(14)15-16-12-6-4-11(5-7-12)8-9-13(2)3/h4-7H,8-9H2,1-3H3. The van der Waals surface area contributed by atoms with E-state index in [1.807, 2.05) is 26.2 Å². The number of likely N-dealkylation sites (N-methyl/N-ethyl adjacent to an activating group) is 1. The van der Waals surface area contributed by atoms with Crippen molar-refractivity contribution in [2.45, 2.75) is 13.3 Å². The monoisotopic (exact) mass is 223 g/mol. The van der Waals surface area contributed by atoms with Gasteiger partial charge < -0.3 is 4.90 Å². The van der Waals surface area contributed by atoms with Gasteiger partial charge in [-0.25, -0.2) is 4.79 Å². The van der Waals surface area contributed by atoms with Crippen LogP contribution in [-0.4, -0.2) is 31.5 Å². The summed E-state index contributed by atoms with van der Waals surface area (Å²) in [5, 5.41) is 0. The Morgan fingerprint density at radius 1 is 1.25 bits per heavy atom. The van der Waals surface area contributed by atoms with Gasteiger partial charge >= 0.3 is 5.97 Å². The van der Waals surface area contributed by atoms with E-state index in [0.717, 1.165) is 13.0 Å². The molecule has 1 rings (SSSR count). The SMILES string of the molecule is CC(=O)OOc1ccc(CCN(C)C)cc1. The van der Waals surface area contributed by atoms with Gasteiger partial charge in [-0.2, -0.15) is 0 Å². The van der Waals surface area contributed by atoms with Crippen molar-refractivity contribution in [3.05, 3.63) is 29.8 Å². The van der Waals surface area contributed by atoms with Gasteiger partial charge in [0, 0.05) is 13.5 Å². The van der Waals surface area contributed by atoms with Crippen LogP contribution in [0.1, 0.15) is 12.5 Å². The number of benzene rings is 1. The van der Waals surface area contributed by atoms with Crippen molar-refractivity contribution in [2.24, 2.45) is 0 Å². The van der Waals surface area contributed by atoms with E-state index in [2.05, 4.69) is 9.79 Å². The molecule has 16 heavy (non-hydrogen) atoms. The number of carbonyl (C=O) groups is 1. The lowest BCUT2D eigenvalue weighted by Gasteiger charge is -2.09. The average molecular weight is 223 g/mol. The van der Waals surface area contributed by atoms with E-state index >= 15 is 0 Å². The Morgan fingerprint density at radius 2 is 1.88 bits per heavy atom. The van der Waals surface area contributed by atoms with Crippen molar-refractivity contribution < 1.29 is 14.6 Å². The lowest BCUT2D eigenvalue weighted by Crippen LogP contribution is -2.14. The third-order valence-corrected chi connectivity index (χ3v) is 2.03. The zero-order valence-electron chi connectivity index (χ0n) is 9.90. The molecule has 0 heterocycles. The Balaban J connectivity index is 2.44. The van der Waals surface area contributed by atoms with Gasteiger partial charge in [-0.1, -0.05) is 12.1 Å². The topological polar surface area (TPSA) is 38.8 Å². The number of hydrogen-bond donors (Lipinski definition) is 0. The van der Waals surface area contributed by atoms with Crippen molar-refractivity contribution in [3.63, 3.8) is 0 Å². The van der Waals surface area contributed by atoms with E-state index in [4.69, 9.17) is 4.89 Å². The lowest BCUT2D eigenvalue weighted by molar-refractivity contribution is -0.210. The van der Waals surface area contributed by atoms with Crippen LogP contribution < -0.4 is 4.89 Å². The molecule has 0 saturated heterocycles. The third-order valence-electron chi connectivity index (χ3n) is 2.03. The molecular formula is C12H17NO3. The van der Waals surface area contributed by atoms with Crippen molar-refractivity contribution in [2.75, 3.05) is 20.6 Å². The summed E-state index contributed by atoms with van der Waals surface area (Å²) in [4.78, 5) is 21.8. The van der Waals surface area contributed by atoms with E-state index < -0.39 is 5.97 Å². The summed E-state index contributed by atoms with van der Waals surface area (Å²) in [7, 11) is 4.08. The molecule has 0 bridgehead atoms. The van der Waals surface area contributed by atoms with Gasteiger partial charge in [0.05, 0.1) is 0 Å². The van der Waals surface area contributed by atoms with Crippen LogP contribution in [0, 0.1) is 0 Å². The summed E-state index contributed by atoms with van der Waals surface area (Å²) < 4.78 is 0. The molecule has 0 aliphatic rings. The zero-order valence-corrected chi connectivity index (χ0v) is 9.90. The minimum Gasteiger partial charge on any atom is -0.309 e. The molecular weight excluding hydrogens is 206 g/mol. The molecule has 4 heteroatoms. The number of hydrogen-bond acceptors (Lipinski definition) is 4. The summed E-state index contributed by atoms with van der Waals surface area (Å²) in [6.45, 7) is 2.30. The lowest BCUT2D eigenvalue weighted by atomic mass is 10.1. The molecule has 0 aliphatic heterocycles. The summed E-state index contributed by atoms with van der Waals surface area (Å²) in [6, 6.07) is 7.49. The summed E-state index contributed by atoms with van der Waals surface area (Å²) in [5.41, 5.74) is 1.23. The highest BCUT2D eigenvalue weighted by Gasteiger charge is 1.99. The maximum absolute atomic E-state index is 10.5. The molecule has 1 aromatic rings. The first-order valence-electron chi connectivity index (χ1n) is 5.16. The van der Waals surface area contributed by atoms with E-state index in [-0.39, 0.29) is 0 Å². The minimum absolute atomic E-state index is 0.461. The number of nitrogens with zero attached hydrogens (tertiary/aromatic N) is 1. The van der Waals surface area contributed by atoms with Gasteiger partial charge in [-0.15, -0.1) is 0 Å². The molecule has 0 N–H and O–H groups in total. The van der Waals surface area contributed by atoms with Crippen LogP contribution in [0.2, 0.25) is 0 Å². The second-order valence-electron chi connectivity index (χ2n) is 3.86. The van der Waals surface area contributed by atoms with Crippen LogP contribution in [0.3, 0.4) is 0 Å². The van der Waals surface area contributed by atoms with Crippen molar-refractivity contribution >= 4 is 5.97 Å². The van der Waals surface area contributed by atoms with Gasteiger partial charge in [-0.3, -0.25) is 9.78 Å². The first kappa shape index (κ1) is 12.5. The Bertz CT molecular complexity index is 333.